The zero-order chi connectivity index (χ0) is 11.1. The first-order valence-electron chi connectivity index (χ1n) is 4.82. The maximum Gasteiger partial charge on any atom is 0.179 e. The normalized spacial score (nSPS) is 11.1. The number of aromatic nitrogens is 3. The SMILES string of the molecule is Cc1ccc(-c2nnc3cccc(Br)n23)s1. The number of nitrogens with zero attached hydrogens (tertiary/aromatic N) is 3. The lowest BCUT2D eigenvalue weighted by molar-refractivity contribution is 1.11. The van der Waals surface area contributed by atoms with Crippen molar-refractivity contribution < 1.29 is 0 Å². The van der Waals surface area contributed by atoms with E-state index in [1.807, 2.05) is 22.6 Å². The van der Waals surface area contributed by atoms with E-state index >= 15 is 0 Å². The van der Waals surface area contributed by atoms with Gasteiger partial charge in [-0.1, -0.05) is 6.07 Å². The van der Waals surface area contributed by atoms with Gasteiger partial charge in [0.25, 0.3) is 0 Å². The molecule has 3 heterocycles. The van der Waals surface area contributed by atoms with Crippen LogP contribution in [0, 0.1) is 6.92 Å². The van der Waals surface area contributed by atoms with Gasteiger partial charge in [-0.05, 0) is 47.1 Å². The van der Waals surface area contributed by atoms with Crippen LogP contribution in [0.4, 0.5) is 0 Å². The number of aryl methyl sites for hydroxylation is 1. The van der Waals surface area contributed by atoms with Gasteiger partial charge in [0, 0.05) is 4.88 Å². The van der Waals surface area contributed by atoms with Gasteiger partial charge in [-0.2, -0.15) is 0 Å². The fourth-order valence-electron chi connectivity index (χ4n) is 1.62. The van der Waals surface area contributed by atoms with Crippen molar-refractivity contribution in [2.75, 3.05) is 0 Å². The van der Waals surface area contributed by atoms with Gasteiger partial charge in [0.15, 0.2) is 11.5 Å². The third kappa shape index (κ3) is 1.47. The van der Waals surface area contributed by atoms with E-state index in [-0.39, 0.29) is 0 Å². The molecule has 0 aromatic carbocycles. The van der Waals surface area contributed by atoms with E-state index in [1.54, 1.807) is 11.3 Å². The number of rotatable bonds is 1. The Balaban J connectivity index is 2.32. The molecule has 0 unspecified atom stereocenters. The average Bonchev–Trinajstić information content (AvgIpc) is 2.84. The third-order valence-corrected chi connectivity index (χ3v) is 3.96. The molecule has 3 aromatic heterocycles. The number of hydrogen-bond acceptors (Lipinski definition) is 3. The molecule has 0 saturated heterocycles. The number of pyridine rings is 1. The predicted octanol–water partition coefficient (Wildman–Crippen LogP) is 3.53. The Kier molecular flexibility index (Phi) is 2.29. The summed E-state index contributed by atoms with van der Waals surface area (Å²) in [5, 5.41) is 8.39. The molecule has 0 N–H and O–H groups in total. The highest BCUT2D eigenvalue weighted by atomic mass is 79.9. The lowest BCUT2D eigenvalue weighted by atomic mass is 10.4. The van der Waals surface area contributed by atoms with Gasteiger partial charge < -0.3 is 0 Å². The summed E-state index contributed by atoms with van der Waals surface area (Å²) in [6, 6.07) is 10.1. The van der Waals surface area contributed by atoms with Gasteiger partial charge >= 0.3 is 0 Å². The largest absolute Gasteiger partial charge is 0.268 e. The van der Waals surface area contributed by atoms with Gasteiger partial charge in [0.05, 0.1) is 9.48 Å². The number of fused-ring (bicyclic) bond motifs is 1. The van der Waals surface area contributed by atoms with E-state index in [0.717, 1.165) is 21.0 Å². The molecular weight excluding hydrogens is 286 g/mol. The fraction of sp³-hybridized carbons (Fsp3) is 0.0909. The van der Waals surface area contributed by atoms with Crippen molar-refractivity contribution in [2.24, 2.45) is 0 Å². The Labute approximate surface area is 105 Å². The highest BCUT2D eigenvalue weighted by molar-refractivity contribution is 9.10. The first-order chi connectivity index (χ1) is 7.75. The minimum absolute atomic E-state index is 0.857. The molecule has 0 bridgehead atoms. The van der Waals surface area contributed by atoms with E-state index in [0.29, 0.717) is 0 Å². The monoisotopic (exact) mass is 293 g/mol. The van der Waals surface area contributed by atoms with Gasteiger partial charge in [0.2, 0.25) is 0 Å². The zero-order valence-corrected chi connectivity index (χ0v) is 10.9. The minimum atomic E-state index is 0.857. The van der Waals surface area contributed by atoms with Crippen molar-refractivity contribution in [1.29, 1.82) is 0 Å². The Bertz CT molecular complexity index is 656. The van der Waals surface area contributed by atoms with E-state index in [9.17, 15) is 0 Å². The van der Waals surface area contributed by atoms with Crippen LogP contribution in [0.25, 0.3) is 16.3 Å². The van der Waals surface area contributed by atoms with Gasteiger partial charge in [-0.25, -0.2) is 0 Å². The molecule has 0 radical (unpaired) electrons. The Morgan fingerprint density at radius 1 is 1.19 bits per heavy atom. The van der Waals surface area contributed by atoms with Crippen LogP contribution >= 0.6 is 27.3 Å². The van der Waals surface area contributed by atoms with Crippen molar-refractivity contribution in [3.05, 3.63) is 39.8 Å². The summed E-state index contributed by atoms with van der Waals surface area (Å²) in [4.78, 5) is 2.41. The quantitative estimate of drug-likeness (QED) is 0.643. The van der Waals surface area contributed by atoms with Crippen molar-refractivity contribution in [2.45, 2.75) is 6.92 Å². The van der Waals surface area contributed by atoms with Gasteiger partial charge in [-0.15, -0.1) is 21.5 Å². The van der Waals surface area contributed by atoms with Crippen LogP contribution in [0.1, 0.15) is 4.88 Å². The second-order valence-corrected chi connectivity index (χ2v) is 5.58. The van der Waals surface area contributed by atoms with E-state index in [1.165, 1.54) is 4.88 Å². The molecule has 0 amide bonds. The second-order valence-electron chi connectivity index (χ2n) is 3.48. The van der Waals surface area contributed by atoms with Crippen molar-refractivity contribution in [1.82, 2.24) is 14.6 Å². The molecule has 5 heteroatoms. The summed E-state index contributed by atoms with van der Waals surface area (Å²) in [5.41, 5.74) is 0.857. The molecule has 3 aromatic rings. The molecule has 0 spiro atoms. The molecular formula is C11H8BrN3S. The predicted molar refractivity (Wildman–Crippen MR) is 68.7 cm³/mol. The molecule has 3 nitrogen and oxygen atoms in total. The Hall–Kier alpha value is -1.20. The van der Waals surface area contributed by atoms with E-state index in [2.05, 4.69) is 45.2 Å². The van der Waals surface area contributed by atoms with E-state index in [4.69, 9.17) is 0 Å². The Morgan fingerprint density at radius 2 is 2.06 bits per heavy atom. The van der Waals surface area contributed by atoms with Crippen LogP contribution in [0.15, 0.2) is 34.9 Å². The summed E-state index contributed by atoms with van der Waals surface area (Å²) < 4.78 is 2.97. The lowest BCUT2D eigenvalue weighted by Crippen LogP contribution is -1.89. The highest BCUT2D eigenvalue weighted by Crippen LogP contribution is 2.28. The molecule has 0 fully saturated rings. The number of hydrogen-bond donors (Lipinski definition) is 0. The molecule has 0 saturated carbocycles. The summed E-state index contributed by atoms with van der Waals surface area (Å²) in [6.07, 6.45) is 0. The minimum Gasteiger partial charge on any atom is -0.268 e. The molecule has 80 valence electrons. The maximum absolute atomic E-state index is 4.23. The topological polar surface area (TPSA) is 30.2 Å². The van der Waals surface area contributed by atoms with Crippen molar-refractivity contribution >= 4 is 32.9 Å². The molecule has 3 rings (SSSR count). The van der Waals surface area contributed by atoms with Crippen molar-refractivity contribution in [3.8, 4) is 10.7 Å². The average molecular weight is 294 g/mol. The maximum atomic E-state index is 4.23. The van der Waals surface area contributed by atoms with E-state index < -0.39 is 0 Å². The third-order valence-electron chi connectivity index (χ3n) is 2.34. The summed E-state index contributed by atoms with van der Waals surface area (Å²) in [5.74, 6) is 0.889. The van der Waals surface area contributed by atoms with Crippen LogP contribution in [-0.4, -0.2) is 14.6 Å². The fourth-order valence-corrected chi connectivity index (χ4v) is 2.96. The summed E-state index contributed by atoms with van der Waals surface area (Å²) in [7, 11) is 0. The Morgan fingerprint density at radius 3 is 2.81 bits per heavy atom. The molecule has 0 atom stereocenters. The number of halogens is 1. The van der Waals surface area contributed by atoms with Crippen LogP contribution in [0.5, 0.6) is 0 Å². The summed E-state index contributed by atoms with van der Waals surface area (Å²) >= 11 is 5.24. The van der Waals surface area contributed by atoms with Gasteiger partial charge in [-0.3, -0.25) is 4.40 Å². The summed E-state index contributed by atoms with van der Waals surface area (Å²) in [6.45, 7) is 2.09. The second kappa shape index (κ2) is 3.68. The van der Waals surface area contributed by atoms with Crippen LogP contribution in [0.3, 0.4) is 0 Å². The van der Waals surface area contributed by atoms with Gasteiger partial charge in [0.1, 0.15) is 0 Å². The number of thiophene rings is 1. The first kappa shape index (κ1) is 9.99. The zero-order valence-electron chi connectivity index (χ0n) is 8.51. The van der Waals surface area contributed by atoms with Crippen molar-refractivity contribution in [3.63, 3.8) is 0 Å². The lowest BCUT2D eigenvalue weighted by Gasteiger charge is -1.99. The van der Waals surface area contributed by atoms with Crippen LogP contribution < -0.4 is 0 Å². The smallest absolute Gasteiger partial charge is 0.179 e. The molecule has 0 aliphatic heterocycles. The highest BCUT2D eigenvalue weighted by Gasteiger charge is 2.11. The first-order valence-corrected chi connectivity index (χ1v) is 6.43. The molecule has 16 heavy (non-hydrogen) atoms. The molecule has 0 aliphatic carbocycles. The standard InChI is InChI=1S/C11H8BrN3S/c1-7-5-6-8(16-7)11-14-13-10-4-2-3-9(12)15(10)11/h2-6H,1H3. The van der Waals surface area contributed by atoms with Crippen LogP contribution in [0.2, 0.25) is 0 Å². The molecule has 0 aliphatic rings. The van der Waals surface area contributed by atoms with Crippen LogP contribution in [-0.2, 0) is 0 Å².